The van der Waals surface area contributed by atoms with Crippen molar-refractivity contribution >= 4 is 5.91 Å². The third-order valence-electron chi connectivity index (χ3n) is 4.41. The number of ether oxygens (including phenoxy) is 2. The summed E-state index contributed by atoms with van der Waals surface area (Å²) in [7, 11) is 3.48. The second kappa shape index (κ2) is 7.99. The first-order valence-electron chi connectivity index (χ1n) is 8.63. The first-order chi connectivity index (χ1) is 13.0. The summed E-state index contributed by atoms with van der Waals surface area (Å²) in [5.41, 5.74) is 1.98. The number of aromatic nitrogens is 2. The van der Waals surface area contributed by atoms with Crippen LogP contribution in [0.1, 0.15) is 40.5 Å². The van der Waals surface area contributed by atoms with Gasteiger partial charge in [0.1, 0.15) is 23.9 Å². The van der Waals surface area contributed by atoms with Gasteiger partial charge in [-0.2, -0.15) is 5.10 Å². The molecule has 0 saturated heterocycles. The van der Waals surface area contributed by atoms with Gasteiger partial charge in [-0.25, -0.2) is 0 Å². The lowest BCUT2D eigenvalue weighted by atomic mass is 10.1. The van der Waals surface area contributed by atoms with Gasteiger partial charge >= 0.3 is 0 Å². The van der Waals surface area contributed by atoms with E-state index in [2.05, 4.69) is 10.4 Å². The number of benzene rings is 1. The quantitative estimate of drug-likeness (QED) is 0.691. The average Bonchev–Trinajstić information content (AvgIpc) is 3.28. The van der Waals surface area contributed by atoms with Crippen LogP contribution >= 0.6 is 0 Å². The molecule has 142 valence electrons. The van der Waals surface area contributed by atoms with Crippen molar-refractivity contribution in [3.8, 4) is 11.5 Å². The summed E-state index contributed by atoms with van der Waals surface area (Å²) in [5.74, 6) is 2.00. The van der Waals surface area contributed by atoms with Crippen molar-refractivity contribution in [3.05, 3.63) is 65.4 Å². The van der Waals surface area contributed by atoms with Crippen molar-refractivity contribution in [2.75, 3.05) is 7.11 Å². The number of hydrogen-bond acceptors (Lipinski definition) is 5. The topological polar surface area (TPSA) is 78.5 Å². The highest BCUT2D eigenvalue weighted by Crippen LogP contribution is 2.20. The van der Waals surface area contributed by atoms with Crippen molar-refractivity contribution < 1.29 is 18.7 Å². The molecule has 3 rings (SSSR count). The molecule has 1 aromatic carbocycles. The van der Waals surface area contributed by atoms with E-state index in [0.717, 1.165) is 17.0 Å². The molecule has 1 atom stereocenters. The highest BCUT2D eigenvalue weighted by atomic mass is 16.5. The Bertz CT molecular complexity index is 912. The summed E-state index contributed by atoms with van der Waals surface area (Å²) < 4.78 is 18.2. The fourth-order valence-electron chi connectivity index (χ4n) is 2.69. The van der Waals surface area contributed by atoms with E-state index in [0.29, 0.717) is 11.5 Å². The van der Waals surface area contributed by atoms with Gasteiger partial charge in [0, 0.05) is 18.3 Å². The predicted octanol–water partition coefficient (Wildman–Crippen LogP) is 3.40. The smallest absolute Gasteiger partial charge is 0.287 e. The number of furan rings is 1. The van der Waals surface area contributed by atoms with E-state index >= 15 is 0 Å². The van der Waals surface area contributed by atoms with Crippen molar-refractivity contribution in [2.24, 2.45) is 7.05 Å². The molecular formula is C20H23N3O4. The molecule has 0 saturated carbocycles. The zero-order chi connectivity index (χ0) is 19.4. The zero-order valence-electron chi connectivity index (χ0n) is 15.9. The molecule has 0 bridgehead atoms. The molecule has 0 fully saturated rings. The van der Waals surface area contributed by atoms with Crippen molar-refractivity contribution in [1.82, 2.24) is 15.1 Å². The molecule has 0 aliphatic carbocycles. The number of amides is 1. The van der Waals surface area contributed by atoms with Gasteiger partial charge in [0.15, 0.2) is 5.76 Å². The van der Waals surface area contributed by atoms with Gasteiger partial charge in [-0.15, -0.1) is 0 Å². The van der Waals surface area contributed by atoms with Gasteiger partial charge in [-0.05, 0) is 50.2 Å². The van der Waals surface area contributed by atoms with Crippen molar-refractivity contribution in [3.63, 3.8) is 0 Å². The Balaban J connectivity index is 1.57. The van der Waals surface area contributed by atoms with E-state index in [1.165, 1.54) is 0 Å². The second-order valence-electron chi connectivity index (χ2n) is 6.23. The summed E-state index contributed by atoms with van der Waals surface area (Å²) >= 11 is 0. The molecule has 0 spiro atoms. The van der Waals surface area contributed by atoms with E-state index in [1.807, 2.05) is 45.2 Å². The Hall–Kier alpha value is -3.22. The third-order valence-corrected chi connectivity index (χ3v) is 4.41. The maximum absolute atomic E-state index is 12.4. The molecule has 1 N–H and O–H groups in total. The SMILES string of the molecule is COc1ccc(OCc2ccc(C(=O)NC(C)c3cnn(C)c3C)o2)cc1. The summed E-state index contributed by atoms with van der Waals surface area (Å²) in [6, 6.07) is 10.5. The van der Waals surface area contributed by atoms with Crippen LogP contribution in [0.15, 0.2) is 47.0 Å². The lowest BCUT2D eigenvalue weighted by Crippen LogP contribution is -2.26. The minimum Gasteiger partial charge on any atom is -0.497 e. The Labute approximate surface area is 157 Å². The average molecular weight is 369 g/mol. The largest absolute Gasteiger partial charge is 0.497 e. The molecule has 0 aliphatic heterocycles. The third kappa shape index (κ3) is 4.31. The van der Waals surface area contributed by atoms with Crippen LogP contribution in [0, 0.1) is 6.92 Å². The number of nitrogens with zero attached hydrogens (tertiary/aromatic N) is 2. The maximum Gasteiger partial charge on any atom is 0.287 e. The van der Waals surface area contributed by atoms with Crippen LogP contribution in [0.3, 0.4) is 0 Å². The molecule has 3 aromatic rings. The van der Waals surface area contributed by atoms with Crippen molar-refractivity contribution in [2.45, 2.75) is 26.5 Å². The molecule has 1 unspecified atom stereocenters. The molecule has 0 radical (unpaired) electrons. The van der Waals surface area contributed by atoms with Crippen LogP contribution in [-0.2, 0) is 13.7 Å². The van der Waals surface area contributed by atoms with Crippen LogP contribution in [-0.4, -0.2) is 22.8 Å². The monoisotopic (exact) mass is 369 g/mol. The Morgan fingerprint density at radius 1 is 1.22 bits per heavy atom. The molecule has 0 aliphatic rings. The van der Waals surface area contributed by atoms with E-state index in [4.69, 9.17) is 13.9 Å². The first-order valence-corrected chi connectivity index (χ1v) is 8.63. The van der Waals surface area contributed by atoms with Gasteiger partial charge in [0.05, 0.1) is 19.3 Å². The molecule has 2 aromatic heterocycles. The minimum atomic E-state index is -0.276. The highest BCUT2D eigenvalue weighted by molar-refractivity contribution is 5.91. The summed E-state index contributed by atoms with van der Waals surface area (Å²) in [5, 5.41) is 7.13. The molecule has 1 amide bonds. The maximum atomic E-state index is 12.4. The molecule has 2 heterocycles. The number of carbonyl (C=O) groups is 1. The summed E-state index contributed by atoms with van der Waals surface area (Å²) in [4.78, 5) is 12.4. The van der Waals surface area contributed by atoms with Crippen molar-refractivity contribution in [1.29, 1.82) is 0 Å². The Morgan fingerprint density at radius 2 is 1.93 bits per heavy atom. The predicted molar refractivity (Wildman–Crippen MR) is 99.9 cm³/mol. The zero-order valence-corrected chi connectivity index (χ0v) is 15.9. The Kier molecular flexibility index (Phi) is 5.49. The highest BCUT2D eigenvalue weighted by Gasteiger charge is 2.18. The van der Waals surface area contributed by atoms with Gasteiger partial charge in [-0.3, -0.25) is 9.48 Å². The van der Waals surface area contributed by atoms with Crippen LogP contribution < -0.4 is 14.8 Å². The van der Waals surface area contributed by atoms with Gasteiger partial charge in [0.25, 0.3) is 5.91 Å². The second-order valence-corrected chi connectivity index (χ2v) is 6.23. The number of rotatable bonds is 7. The van der Waals surface area contributed by atoms with E-state index in [1.54, 1.807) is 30.1 Å². The van der Waals surface area contributed by atoms with Gasteiger partial charge in [-0.1, -0.05) is 0 Å². The fourth-order valence-corrected chi connectivity index (χ4v) is 2.69. The number of hydrogen-bond donors (Lipinski definition) is 1. The lowest BCUT2D eigenvalue weighted by molar-refractivity contribution is 0.0907. The number of methoxy groups -OCH3 is 1. The van der Waals surface area contributed by atoms with Crippen LogP contribution in [0.25, 0.3) is 0 Å². The standard InChI is InChI=1S/C20H23N3O4/c1-13(18-11-21-23(3)14(18)2)22-20(24)19-10-9-17(27-19)12-26-16-7-5-15(25-4)6-8-16/h5-11,13H,12H2,1-4H3,(H,22,24). The van der Waals surface area contributed by atoms with E-state index in [-0.39, 0.29) is 24.3 Å². The Morgan fingerprint density at radius 3 is 2.56 bits per heavy atom. The van der Waals surface area contributed by atoms with Crippen LogP contribution in [0.2, 0.25) is 0 Å². The molecular weight excluding hydrogens is 346 g/mol. The normalized spacial score (nSPS) is 11.9. The van der Waals surface area contributed by atoms with Gasteiger partial charge < -0.3 is 19.2 Å². The van der Waals surface area contributed by atoms with Crippen LogP contribution in [0.5, 0.6) is 11.5 Å². The summed E-state index contributed by atoms with van der Waals surface area (Å²) in [6.07, 6.45) is 1.76. The molecule has 7 heteroatoms. The minimum absolute atomic E-state index is 0.171. The lowest BCUT2D eigenvalue weighted by Gasteiger charge is -2.12. The van der Waals surface area contributed by atoms with E-state index in [9.17, 15) is 4.79 Å². The first kappa shape index (κ1) is 18.6. The van der Waals surface area contributed by atoms with E-state index < -0.39 is 0 Å². The summed E-state index contributed by atoms with van der Waals surface area (Å²) in [6.45, 7) is 4.11. The van der Waals surface area contributed by atoms with Crippen LogP contribution in [0.4, 0.5) is 0 Å². The number of carbonyl (C=O) groups excluding carboxylic acids is 1. The fraction of sp³-hybridized carbons (Fsp3) is 0.300. The molecule has 27 heavy (non-hydrogen) atoms. The number of nitrogens with one attached hydrogen (secondary N) is 1. The van der Waals surface area contributed by atoms with Gasteiger partial charge in [0.2, 0.25) is 0 Å². The number of aryl methyl sites for hydroxylation is 1. The molecule has 7 nitrogen and oxygen atoms in total.